The van der Waals surface area contributed by atoms with Crippen LogP contribution in [0, 0.1) is 34.5 Å². The first-order valence-electron chi connectivity index (χ1n) is 15.4. The summed E-state index contributed by atoms with van der Waals surface area (Å²) >= 11 is 1.33. The van der Waals surface area contributed by atoms with Crippen molar-refractivity contribution in [1.82, 2.24) is 0 Å². The highest BCUT2D eigenvalue weighted by molar-refractivity contribution is 8.14. The van der Waals surface area contributed by atoms with Crippen LogP contribution in [-0.2, 0) is 43.0 Å². The van der Waals surface area contributed by atoms with Gasteiger partial charge in [0, 0.05) is 43.8 Å². The van der Waals surface area contributed by atoms with Crippen molar-refractivity contribution in [3.05, 3.63) is 11.6 Å². The Kier molecular flexibility index (Phi) is 9.46. The maximum absolute atomic E-state index is 14.5. The van der Waals surface area contributed by atoms with E-state index in [-0.39, 0.29) is 58.6 Å². The number of allylic oxidation sites excluding steroid dienone is 1. The highest BCUT2D eigenvalue weighted by Gasteiger charge is 2.66. The Morgan fingerprint density at radius 1 is 0.881 bits per heavy atom. The number of hydrogen-bond acceptors (Lipinski definition) is 10. The first-order chi connectivity index (χ1) is 19.7. The Hall–Kier alpha value is -2.49. The number of carbonyl (C=O) groups is 6. The molecule has 3 saturated carbocycles. The third kappa shape index (κ3) is 5.72. The zero-order valence-electron chi connectivity index (χ0n) is 25.6. The molecule has 4 aliphatic rings. The molecular formula is C32H44O9S. The minimum atomic E-state index is -2.78. The van der Waals surface area contributed by atoms with Crippen LogP contribution in [0.5, 0.6) is 0 Å². The van der Waals surface area contributed by atoms with Crippen molar-refractivity contribution in [3.63, 3.8) is 0 Å². The summed E-state index contributed by atoms with van der Waals surface area (Å²) in [6, 6.07) is 0. The van der Waals surface area contributed by atoms with Gasteiger partial charge in [0.1, 0.15) is 0 Å². The van der Waals surface area contributed by atoms with Crippen molar-refractivity contribution in [2.75, 3.05) is 0 Å². The Labute approximate surface area is 252 Å². The molecule has 7 atom stereocenters. The number of esters is 3. The molecule has 0 radical (unpaired) electrons. The molecule has 4 rings (SSSR count). The Balaban J connectivity index is 1.75. The predicted molar refractivity (Wildman–Crippen MR) is 155 cm³/mol. The van der Waals surface area contributed by atoms with Gasteiger partial charge in [0.05, 0.1) is 0 Å². The van der Waals surface area contributed by atoms with E-state index in [1.807, 2.05) is 6.08 Å². The molecule has 232 valence electrons. The SMILES string of the molecule is CCC(=O)OC(OC(=O)CC)(OC(=O)CC)C(=O)[C@H]1CC[C@H]2[C@@H]3C(SC(C)=O)CC4=CC(=O)CC[C@]4(C)[C@H]3CC[C@]12C. The molecule has 4 aliphatic carbocycles. The van der Waals surface area contributed by atoms with Crippen molar-refractivity contribution in [2.24, 2.45) is 34.5 Å². The van der Waals surface area contributed by atoms with Gasteiger partial charge in [-0.3, -0.25) is 28.8 Å². The number of ketones is 2. The number of ether oxygens (including phenoxy) is 3. The van der Waals surface area contributed by atoms with Gasteiger partial charge in [0.25, 0.3) is 5.78 Å². The number of rotatable bonds is 9. The molecule has 0 aliphatic heterocycles. The van der Waals surface area contributed by atoms with E-state index >= 15 is 0 Å². The van der Waals surface area contributed by atoms with Gasteiger partial charge < -0.3 is 14.2 Å². The van der Waals surface area contributed by atoms with Crippen molar-refractivity contribution in [2.45, 2.75) is 117 Å². The second-order valence-electron chi connectivity index (χ2n) is 12.8. The largest absolute Gasteiger partial charge is 0.489 e. The topological polar surface area (TPSA) is 130 Å². The zero-order valence-corrected chi connectivity index (χ0v) is 26.4. The second kappa shape index (κ2) is 12.2. The molecule has 9 nitrogen and oxygen atoms in total. The molecule has 0 amide bonds. The van der Waals surface area contributed by atoms with Gasteiger partial charge >= 0.3 is 23.9 Å². The molecule has 0 N–H and O–H groups in total. The van der Waals surface area contributed by atoms with E-state index in [1.165, 1.54) is 32.5 Å². The fourth-order valence-corrected chi connectivity index (χ4v) is 9.58. The van der Waals surface area contributed by atoms with Gasteiger partial charge in [-0.25, -0.2) is 0 Å². The van der Waals surface area contributed by atoms with E-state index in [0.29, 0.717) is 32.1 Å². The number of carbonyl (C=O) groups excluding carboxylic acids is 6. The lowest BCUT2D eigenvalue weighted by Crippen LogP contribution is -2.58. The first kappa shape index (κ1) is 32.4. The normalized spacial score (nSPS) is 33.8. The summed E-state index contributed by atoms with van der Waals surface area (Å²) in [7, 11) is 0. The van der Waals surface area contributed by atoms with Crippen LogP contribution in [-0.4, -0.2) is 45.8 Å². The minimum absolute atomic E-state index is 0.0199. The summed E-state index contributed by atoms with van der Waals surface area (Å²) in [5.74, 6) is -6.14. The predicted octanol–water partition coefficient (Wildman–Crippen LogP) is 5.48. The van der Waals surface area contributed by atoms with Gasteiger partial charge in [-0.05, 0) is 73.2 Å². The maximum Gasteiger partial charge on any atom is 0.489 e. The van der Waals surface area contributed by atoms with Crippen LogP contribution < -0.4 is 0 Å². The van der Waals surface area contributed by atoms with Crippen LogP contribution in [0.2, 0.25) is 0 Å². The molecule has 0 saturated heterocycles. The van der Waals surface area contributed by atoms with Crippen molar-refractivity contribution in [1.29, 1.82) is 0 Å². The van der Waals surface area contributed by atoms with Crippen LogP contribution in [0.4, 0.5) is 0 Å². The lowest BCUT2D eigenvalue weighted by molar-refractivity contribution is -0.313. The molecule has 0 spiro atoms. The van der Waals surface area contributed by atoms with Crippen LogP contribution in [0.15, 0.2) is 11.6 Å². The second-order valence-corrected chi connectivity index (χ2v) is 14.2. The van der Waals surface area contributed by atoms with E-state index in [9.17, 15) is 28.8 Å². The zero-order chi connectivity index (χ0) is 31.0. The Morgan fingerprint density at radius 3 is 1.98 bits per heavy atom. The highest BCUT2D eigenvalue weighted by atomic mass is 32.2. The van der Waals surface area contributed by atoms with Gasteiger partial charge in [0.2, 0.25) is 0 Å². The molecule has 0 aromatic heterocycles. The maximum atomic E-state index is 14.5. The molecular weight excluding hydrogens is 560 g/mol. The summed E-state index contributed by atoms with van der Waals surface area (Å²) in [5.41, 5.74) is 0.414. The van der Waals surface area contributed by atoms with Crippen LogP contribution in [0.3, 0.4) is 0 Å². The highest BCUT2D eigenvalue weighted by Crippen LogP contribution is 2.68. The number of Topliss-reactive ketones (excluding diaryl/α,β-unsaturated/α-hetero) is 1. The number of thioether (sulfide) groups is 1. The number of fused-ring (bicyclic) bond motifs is 5. The first-order valence-corrected chi connectivity index (χ1v) is 16.2. The third-order valence-electron chi connectivity index (χ3n) is 10.5. The standard InChI is InChI=1S/C32H44O9S/c1-7-25(35)39-32(40-26(36)8-2,41-27(37)9-3)29(38)23-11-10-21-28-22(13-15-31(21,23)6)30(5)14-12-20(34)16-19(30)17-24(28)42-18(4)33/h16,21-24,28H,7-15,17H2,1-6H3/t21-,22-,23+,24?,28-,30-,31-/m0/s1. The summed E-state index contributed by atoms with van der Waals surface area (Å²) in [4.78, 5) is 77.0. The molecule has 3 fully saturated rings. The fraction of sp³-hybridized carbons (Fsp3) is 0.750. The molecule has 42 heavy (non-hydrogen) atoms. The monoisotopic (exact) mass is 604 g/mol. The van der Waals surface area contributed by atoms with E-state index in [2.05, 4.69) is 13.8 Å². The lowest BCUT2D eigenvalue weighted by Gasteiger charge is -2.60. The molecule has 1 unspecified atom stereocenters. The average molecular weight is 605 g/mol. The van der Waals surface area contributed by atoms with Gasteiger partial charge in [0.15, 0.2) is 10.9 Å². The van der Waals surface area contributed by atoms with Crippen LogP contribution >= 0.6 is 11.8 Å². The van der Waals surface area contributed by atoms with E-state index in [1.54, 1.807) is 6.92 Å². The van der Waals surface area contributed by atoms with Gasteiger partial charge in [-0.1, -0.05) is 52.0 Å². The molecule has 0 aromatic carbocycles. The summed E-state index contributed by atoms with van der Waals surface area (Å²) in [6.07, 6.45) is 6.02. The minimum Gasteiger partial charge on any atom is -0.382 e. The van der Waals surface area contributed by atoms with Crippen molar-refractivity contribution < 1.29 is 43.0 Å². The molecule has 0 aromatic rings. The van der Waals surface area contributed by atoms with Crippen molar-refractivity contribution >= 4 is 46.4 Å². The Morgan fingerprint density at radius 2 is 1.45 bits per heavy atom. The quantitative estimate of drug-likeness (QED) is 0.246. The van der Waals surface area contributed by atoms with Gasteiger partial charge in [-0.2, -0.15) is 0 Å². The van der Waals surface area contributed by atoms with E-state index in [0.717, 1.165) is 18.4 Å². The third-order valence-corrected chi connectivity index (χ3v) is 11.6. The fourth-order valence-electron chi connectivity index (χ4n) is 8.36. The van der Waals surface area contributed by atoms with E-state index < -0.39 is 41.0 Å². The molecule has 10 heteroatoms. The summed E-state index contributed by atoms with van der Waals surface area (Å²) in [6.45, 7) is 10.5. The average Bonchev–Trinajstić information content (AvgIpc) is 3.29. The molecule has 0 heterocycles. The number of hydrogen-bond donors (Lipinski definition) is 0. The lowest BCUT2D eigenvalue weighted by atomic mass is 9.46. The van der Waals surface area contributed by atoms with Crippen LogP contribution in [0.1, 0.15) is 106 Å². The summed E-state index contributed by atoms with van der Waals surface area (Å²) in [5, 5.41) is -0.0128. The summed E-state index contributed by atoms with van der Waals surface area (Å²) < 4.78 is 16.3. The Bertz CT molecular complexity index is 1140. The molecule has 0 bridgehead atoms. The van der Waals surface area contributed by atoms with Crippen molar-refractivity contribution in [3.8, 4) is 0 Å². The van der Waals surface area contributed by atoms with Crippen LogP contribution in [0.25, 0.3) is 0 Å². The van der Waals surface area contributed by atoms with Gasteiger partial charge in [-0.15, -0.1) is 0 Å². The smallest absolute Gasteiger partial charge is 0.382 e. The van der Waals surface area contributed by atoms with E-state index in [4.69, 9.17) is 14.2 Å².